The van der Waals surface area contributed by atoms with E-state index in [1.165, 1.54) is 17.5 Å². The second kappa shape index (κ2) is 9.46. The number of nitrogens with one attached hydrogen (secondary N) is 1. The number of fused-ring (bicyclic) bond motifs is 1. The third-order valence-electron chi connectivity index (χ3n) is 7.64. The number of rotatable bonds is 6. The highest BCUT2D eigenvalue weighted by Crippen LogP contribution is 2.46. The smallest absolute Gasteiger partial charge is 0.335 e. The maximum absolute atomic E-state index is 13.2. The van der Waals surface area contributed by atoms with Crippen molar-refractivity contribution in [2.75, 3.05) is 0 Å². The molecule has 0 radical (unpaired) electrons. The first-order valence-electron chi connectivity index (χ1n) is 12.1. The van der Waals surface area contributed by atoms with Gasteiger partial charge in [-0.1, -0.05) is 63.2 Å². The number of carbonyl (C=O) groups excluding carboxylic acids is 1. The summed E-state index contributed by atoms with van der Waals surface area (Å²) in [6.45, 7) is 8.99. The molecule has 0 fully saturated rings. The van der Waals surface area contributed by atoms with Gasteiger partial charge < -0.3 is 10.4 Å². The molecule has 3 aromatic rings. The van der Waals surface area contributed by atoms with Crippen LogP contribution in [0.15, 0.2) is 66.7 Å². The Morgan fingerprint density at radius 3 is 2.35 bits per heavy atom. The van der Waals surface area contributed by atoms with Crippen LogP contribution in [0.4, 0.5) is 0 Å². The summed E-state index contributed by atoms with van der Waals surface area (Å²) in [6.07, 6.45) is 3.39. The van der Waals surface area contributed by atoms with Crippen LogP contribution in [-0.2, 0) is 5.41 Å². The number of benzene rings is 3. The van der Waals surface area contributed by atoms with Gasteiger partial charge in [0.05, 0.1) is 11.6 Å². The van der Waals surface area contributed by atoms with Gasteiger partial charge >= 0.3 is 5.97 Å². The van der Waals surface area contributed by atoms with Crippen molar-refractivity contribution in [3.63, 3.8) is 0 Å². The van der Waals surface area contributed by atoms with Crippen LogP contribution in [0.5, 0.6) is 0 Å². The normalized spacial score (nSPS) is 20.3. The molecule has 1 aliphatic rings. The maximum atomic E-state index is 13.2. The average molecular weight is 456 g/mol. The van der Waals surface area contributed by atoms with Crippen LogP contribution in [0.1, 0.15) is 101 Å². The Morgan fingerprint density at radius 2 is 1.74 bits per heavy atom. The minimum Gasteiger partial charge on any atom is -0.478 e. The second-order valence-corrected chi connectivity index (χ2v) is 9.85. The summed E-state index contributed by atoms with van der Waals surface area (Å²) in [5.41, 5.74) is 6.75. The highest BCUT2D eigenvalue weighted by atomic mass is 16.4. The minimum absolute atomic E-state index is 0.103. The van der Waals surface area contributed by atoms with Crippen LogP contribution >= 0.6 is 0 Å². The lowest BCUT2D eigenvalue weighted by Crippen LogP contribution is -2.32. The topological polar surface area (TPSA) is 66.4 Å². The maximum Gasteiger partial charge on any atom is 0.335 e. The molecular weight excluding hydrogens is 422 g/mol. The monoisotopic (exact) mass is 455 g/mol. The molecule has 3 atom stereocenters. The lowest BCUT2D eigenvalue weighted by Gasteiger charge is -2.39. The first-order chi connectivity index (χ1) is 16.2. The number of aryl methyl sites for hydroxylation is 1. The van der Waals surface area contributed by atoms with E-state index in [2.05, 4.69) is 45.1 Å². The summed E-state index contributed by atoms with van der Waals surface area (Å²) in [7, 11) is 0. The summed E-state index contributed by atoms with van der Waals surface area (Å²) in [5, 5.41) is 12.6. The molecule has 1 aliphatic carbocycles. The minimum atomic E-state index is -0.964. The zero-order valence-electron chi connectivity index (χ0n) is 20.4. The van der Waals surface area contributed by atoms with Crippen LogP contribution < -0.4 is 5.32 Å². The summed E-state index contributed by atoms with van der Waals surface area (Å²) in [4.78, 5) is 24.6. The van der Waals surface area contributed by atoms with Crippen LogP contribution in [0.25, 0.3) is 0 Å². The van der Waals surface area contributed by atoms with Gasteiger partial charge in [0.15, 0.2) is 0 Å². The molecule has 0 saturated heterocycles. The fourth-order valence-electron chi connectivity index (χ4n) is 5.14. The van der Waals surface area contributed by atoms with Crippen molar-refractivity contribution in [3.8, 4) is 0 Å². The van der Waals surface area contributed by atoms with Gasteiger partial charge in [-0.05, 0) is 89.6 Å². The molecule has 0 heterocycles. The van der Waals surface area contributed by atoms with E-state index >= 15 is 0 Å². The van der Waals surface area contributed by atoms with E-state index in [4.69, 9.17) is 0 Å². The molecule has 2 N–H and O–H groups in total. The average Bonchev–Trinajstić information content (AvgIpc) is 2.85. The molecule has 3 unspecified atom stereocenters. The summed E-state index contributed by atoms with van der Waals surface area (Å²) in [5.74, 6) is -0.611. The van der Waals surface area contributed by atoms with Gasteiger partial charge in [0.1, 0.15) is 0 Å². The number of aromatic carboxylic acids is 1. The molecule has 0 spiro atoms. The van der Waals surface area contributed by atoms with Crippen LogP contribution in [0, 0.1) is 6.92 Å². The van der Waals surface area contributed by atoms with Gasteiger partial charge in [0.2, 0.25) is 0 Å². The largest absolute Gasteiger partial charge is 0.478 e. The van der Waals surface area contributed by atoms with Gasteiger partial charge in [-0.2, -0.15) is 0 Å². The van der Waals surface area contributed by atoms with Crippen molar-refractivity contribution in [1.82, 2.24) is 5.32 Å². The first kappa shape index (κ1) is 23.7. The van der Waals surface area contributed by atoms with Crippen LogP contribution in [0.3, 0.4) is 0 Å². The fourth-order valence-corrected chi connectivity index (χ4v) is 5.14. The van der Waals surface area contributed by atoms with Gasteiger partial charge in [-0.3, -0.25) is 4.79 Å². The summed E-state index contributed by atoms with van der Waals surface area (Å²) in [6, 6.07) is 20.2. The molecule has 4 heteroatoms. The molecular formula is C30H33NO3. The number of carboxylic acid groups (broad SMARTS) is 1. The van der Waals surface area contributed by atoms with Crippen molar-refractivity contribution >= 4 is 11.9 Å². The van der Waals surface area contributed by atoms with E-state index in [0.717, 1.165) is 29.5 Å². The van der Waals surface area contributed by atoms with Crippen molar-refractivity contribution < 1.29 is 14.7 Å². The van der Waals surface area contributed by atoms with E-state index in [-0.39, 0.29) is 22.9 Å². The molecule has 0 saturated carbocycles. The van der Waals surface area contributed by atoms with Crippen LogP contribution in [0.2, 0.25) is 0 Å². The number of amides is 1. The third-order valence-corrected chi connectivity index (χ3v) is 7.64. The predicted molar refractivity (Wildman–Crippen MR) is 136 cm³/mol. The number of hydrogen-bond donors (Lipinski definition) is 2. The highest BCUT2D eigenvalue weighted by Gasteiger charge is 2.35. The van der Waals surface area contributed by atoms with E-state index in [1.54, 1.807) is 36.4 Å². The second-order valence-electron chi connectivity index (χ2n) is 9.85. The Balaban J connectivity index is 1.84. The molecule has 1 amide bonds. The molecule has 0 bridgehead atoms. The Hall–Kier alpha value is -3.40. The number of carboxylic acids is 1. The highest BCUT2D eigenvalue weighted by molar-refractivity contribution is 5.94. The van der Waals surface area contributed by atoms with Crippen LogP contribution in [-0.4, -0.2) is 17.0 Å². The SMILES string of the molecule is CCC1(C)CCC(C)c2cc(C)c(C(NC(=O)c3ccccc3)c3ccc(C(=O)O)cc3)cc21. The molecule has 0 aliphatic heterocycles. The lowest BCUT2D eigenvalue weighted by molar-refractivity contribution is 0.0696. The van der Waals surface area contributed by atoms with Crippen molar-refractivity contribution in [1.29, 1.82) is 0 Å². The zero-order chi connectivity index (χ0) is 24.5. The molecule has 3 aromatic carbocycles. The Kier molecular flexibility index (Phi) is 6.60. The van der Waals surface area contributed by atoms with E-state index in [0.29, 0.717) is 11.5 Å². The molecule has 176 valence electrons. The Bertz CT molecular complexity index is 1200. The molecule has 0 aromatic heterocycles. The van der Waals surface area contributed by atoms with Gasteiger partial charge in [0.25, 0.3) is 5.91 Å². The van der Waals surface area contributed by atoms with E-state index < -0.39 is 5.97 Å². The predicted octanol–water partition coefficient (Wildman–Crippen LogP) is 6.78. The quantitative estimate of drug-likeness (QED) is 0.431. The number of hydrogen-bond acceptors (Lipinski definition) is 2. The Morgan fingerprint density at radius 1 is 1.06 bits per heavy atom. The summed E-state index contributed by atoms with van der Waals surface area (Å²) >= 11 is 0. The van der Waals surface area contributed by atoms with E-state index in [1.807, 2.05) is 18.2 Å². The first-order valence-corrected chi connectivity index (χ1v) is 12.1. The fraction of sp³-hybridized carbons (Fsp3) is 0.333. The van der Waals surface area contributed by atoms with Gasteiger partial charge in [-0.15, -0.1) is 0 Å². The third kappa shape index (κ3) is 4.50. The molecule has 4 rings (SSSR count). The number of carbonyl (C=O) groups is 2. The Labute approximate surface area is 202 Å². The van der Waals surface area contributed by atoms with Crippen molar-refractivity contribution in [2.45, 2.75) is 64.3 Å². The van der Waals surface area contributed by atoms with Gasteiger partial charge in [-0.25, -0.2) is 4.79 Å². The van der Waals surface area contributed by atoms with Crippen molar-refractivity contribution in [3.05, 3.63) is 106 Å². The van der Waals surface area contributed by atoms with Crippen molar-refractivity contribution in [2.24, 2.45) is 0 Å². The molecule has 34 heavy (non-hydrogen) atoms. The van der Waals surface area contributed by atoms with Gasteiger partial charge in [0, 0.05) is 5.56 Å². The standard InChI is InChI=1S/C30H33NO3/c1-5-30(4)16-15-19(2)24-17-20(3)25(18-26(24)30)27(21-11-13-23(14-12-21)29(33)34)31-28(32)22-9-7-6-8-10-22/h6-14,17-19,27H,5,15-16H2,1-4H3,(H,31,32)(H,33,34). The lowest BCUT2D eigenvalue weighted by atomic mass is 9.65. The summed E-state index contributed by atoms with van der Waals surface area (Å²) < 4.78 is 0. The molecule has 4 nitrogen and oxygen atoms in total. The van der Waals surface area contributed by atoms with E-state index in [9.17, 15) is 14.7 Å². The zero-order valence-corrected chi connectivity index (χ0v) is 20.4.